The van der Waals surface area contributed by atoms with E-state index in [1.165, 1.54) is 11.8 Å². The third-order valence-electron chi connectivity index (χ3n) is 8.87. The summed E-state index contributed by atoms with van der Waals surface area (Å²) in [5, 5.41) is 3.34. The molecule has 0 saturated heterocycles. The molecule has 0 bridgehead atoms. The minimum atomic E-state index is -1.15. The molecular formula is C39H47N7O8. The highest BCUT2D eigenvalue weighted by molar-refractivity contribution is 6.07. The van der Waals surface area contributed by atoms with Gasteiger partial charge in [0.25, 0.3) is 5.91 Å². The first-order valence-electron chi connectivity index (χ1n) is 18.2. The number of nitrogens with zero attached hydrogens (tertiary/aromatic N) is 5. The molecule has 0 radical (unpaired) electrons. The number of aliphatic imine (C=N–C) groups is 1. The van der Waals surface area contributed by atoms with Crippen molar-refractivity contribution in [2.75, 3.05) is 23.4 Å². The van der Waals surface area contributed by atoms with E-state index in [-0.39, 0.29) is 30.8 Å². The molecule has 2 amide bonds. The molecular weight excluding hydrogens is 694 g/mol. The third-order valence-corrected chi connectivity index (χ3v) is 8.87. The first-order chi connectivity index (χ1) is 26.1. The van der Waals surface area contributed by atoms with Crippen LogP contribution in [0.15, 0.2) is 71.9 Å². The first kappa shape index (κ1) is 39.2. The third kappa shape index (κ3) is 11.0. The Labute approximate surface area is 313 Å². The summed E-state index contributed by atoms with van der Waals surface area (Å²) >= 11 is 0. The maximum Gasteiger partial charge on any atom is 0.511 e. The minimum absolute atomic E-state index is 0.0388. The van der Waals surface area contributed by atoms with Crippen LogP contribution < -0.4 is 16.0 Å². The Morgan fingerprint density at radius 3 is 2.50 bits per heavy atom. The normalized spacial score (nSPS) is 13.4. The Hall–Kier alpha value is -5.99. The van der Waals surface area contributed by atoms with Gasteiger partial charge < -0.3 is 34.6 Å². The number of hydrogen-bond donors (Lipinski definition) is 2. The number of nitrogens with two attached hydrogens (primary N) is 1. The molecule has 1 aliphatic rings. The second-order valence-corrected chi connectivity index (χ2v) is 12.9. The van der Waals surface area contributed by atoms with E-state index in [9.17, 15) is 19.2 Å². The molecule has 2 heterocycles. The topological polar surface area (TPSA) is 190 Å². The molecule has 3 N–H and O–H groups in total. The standard InChI is InChI=1S/C39H47N7O8/c1-4-5-6-9-23-51-38(49)44-36(40)27-14-17-29(18-15-27)42-25-34-43-31-24-28(16-19-32(31)45(34)3)37(48)46(33-13-7-8-21-41-33)22-20-35(47)52-26(2)53-39(50)54-30-11-10-12-30/h7-8,13-19,21,24,26,30,42H,4-6,9-12,20,22-23,25H2,1-3H3,(H2,40,44,49). The summed E-state index contributed by atoms with van der Waals surface area (Å²) in [6, 6.07) is 17.5. The summed E-state index contributed by atoms with van der Waals surface area (Å²) < 4.78 is 22.5. The smallest absolute Gasteiger partial charge is 0.448 e. The number of fused-ring (bicyclic) bond motifs is 1. The van der Waals surface area contributed by atoms with Crippen LogP contribution in [-0.2, 0) is 37.3 Å². The van der Waals surface area contributed by atoms with Gasteiger partial charge in [-0.2, -0.15) is 4.99 Å². The van der Waals surface area contributed by atoms with Crippen molar-refractivity contribution in [1.82, 2.24) is 14.5 Å². The molecule has 2 aromatic carbocycles. The van der Waals surface area contributed by atoms with Crippen molar-refractivity contribution < 1.29 is 38.1 Å². The fraction of sp³-hybridized carbons (Fsp3) is 0.410. The number of hydrogen-bond acceptors (Lipinski definition) is 11. The van der Waals surface area contributed by atoms with Gasteiger partial charge in [-0.1, -0.05) is 32.3 Å². The highest BCUT2D eigenvalue weighted by Gasteiger charge is 2.26. The highest BCUT2D eigenvalue weighted by atomic mass is 16.8. The number of amidine groups is 1. The van der Waals surface area contributed by atoms with E-state index in [0.29, 0.717) is 35.6 Å². The van der Waals surface area contributed by atoms with E-state index in [0.717, 1.165) is 62.0 Å². The number of carbonyl (C=O) groups is 4. The summed E-state index contributed by atoms with van der Waals surface area (Å²) in [7, 11) is 1.89. The molecule has 286 valence electrons. The van der Waals surface area contributed by atoms with Gasteiger partial charge in [0.1, 0.15) is 23.6 Å². The summed E-state index contributed by atoms with van der Waals surface area (Å²) in [4.78, 5) is 64.9. The molecule has 1 saturated carbocycles. The fourth-order valence-corrected chi connectivity index (χ4v) is 5.61. The number of benzene rings is 2. The van der Waals surface area contributed by atoms with Crippen LogP contribution in [0.2, 0.25) is 0 Å². The van der Waals surface area contributed by atoms with Crippen molar-refractivity contribution in [1.29, 1.82) is 0 Å². The predicted octanol–water partition coefficient (Wildman–Crippen LogP) is 6.63. The zero-order chi connectivity index (χ0) is 38.5. The van der Waals surface area contributed by atoms with Gasteiger partial charge in [0.2, 0.25) is 6.29 Å². The number of amides is 2. The molecule has 1 fully saturated rings. The number of aromatic nitrogens is 3. The summed E-state index contributed by atoms with van der Waals surface area (Å²) in [5.74, 6) is 0.101. The SMILES string of the molecule is CCCCCCOC(=O)/N=C(/N)c1ccc(NCc2nc3cc(C(=O)N(CCC(=O)OC(C)OC(=O)OC4CCC4)c4ccccn4)ccc3n2C)cc1. The van der Waals surface area contributed by atoms with E-state index < -0.39 is 24.5 Å². The van der Waals surface area contributed by atoms with Crippen LogP contribution in [0.25, 0.3) is 11.0 Å². The van der Waals surface area contributed by atoms with Crippen LogP contribution in [0, 0.1) is 0 Å². The van der Waals surface area contributed by atoms with E-state index in [1.54, 1.807) is 48.7 Å². The highest BCUT2D eigenvalue weighted by Crippen LogP contribution is 2.23. The van der Waals surface area contributed by atoms with Crippen molar-refractivity contribution in [3.05, 3.63) is 83.8 Å². The molecule has 5 rings (SSSR count). The van der Waals surface area contributed by atoms with Gasteiger partial charge >= 0.3 is 18.2 Å². The number of carbonyl (C=O) groups excluding carboxylic acids is 4. The van der Waals surface area contributed by atoms with Gasteiger partial charge in [-0.05, 0) is 80.3 Å². The zero-order valence-electron chi connectivity index (χ0n) is 30.9. The second-order valence-electron chi connectivity index (χ2n) is 12.9. The average Bonchev–Trinajstić information content (AvgIpc) is 3.46. The first-order valence-corrected chi connectivity index (χ1v) is 18.2. The van der Waals surface area contributed by atoms with Gasteiger partial charge in [0.15, 0.2) is 0 Å². The van der Waals surface area contributed by atoms with Gasteiger partial charge in [-0.15, -0.1) is 0 Å². The van der Waals surface area contributed by atoms with Crippen LogP contribution in [0.5, 0.6) is 0 Å². The van der Waals surface area contributed by atoms with Crippen molar-refractivity contribution in [3.8, 4) is 0 Å². The lowest BCUT2D eigenvalue weighted by molar-refractivity contribution is -0.169. The van der Waals surface area contributed by atoms with Crippen molar-refractivity contribution >= 4 is 52.5 Å². The van der Waals surface area contributed by atoms with Gasteiger partial charge in [-0.3, -0.25) is 14.5 Å². The lowest BCUT2D eigenvalue weighted by Gasteiger charge is -2.25. The van der Waals surface area contributed by atoms with E-state index in [1.807, 2.05) is 29.8 Å². The molecule has 0 aliphatic heterocycles. The second kappa shape index (κ2) is 19.2. The van der Waals surface area contributed by atoms with E-state index >= 15 is 0 Å². The van der Waals surface area contributed by atoms with Crippen molar-refractivity contribution in [2.45, 2.75) is 84.2 Å². The van der Waals surface area contributed by atoms with Crippen LogP contribution in [0.4, 0.5) is 21.1 Å². The Balaban J connectivity index is 1.18. The molecule has 54 heavy (non-hydrogen) atoms. The minimum Gasteiger partial charge on any atom is -0.448 e. The average molecular weight is 742 g/mol. The number of nitrogens with one attached hydrogen (secondary N) is 1. The molecule has 4 aromatic rings. The number of imidazole rings is 1. The van der Waals surface area contributed by atoms with Crippen LogP contribution >= 0.6 is 0 Å². The van der Waals surface area contributed by atoms with Gasteiger partial charge in [0, 0.05) is 43.5 Å². The fourth-order valence-electron chi connectivity index (χ4n) is 5.61. The molecule has 0 spiro atoms. The van der Waals surface area contributed by atoms with Crippen molar-refractivity contribution in [2.24, 2.45) is 17.8 Å². The number of pyridine rings is 1. The maximum absolute atomic E-state index is 13.9. The number of anilines is 2. The number of rotatable bonds is 17. The predicted molar refractivity (Wildman–Crippen MR) is 202 cm³/mol. The lowest BCUT2D eigenvalue weighted by Crippen LogP contribution is -2.34. The Morgan fingerprint density at radius 2 is 1.80 bits per heavy atom. The lowest BCUT2D eigenvalue weighted by atomic mass is 9.96. The summed E-state index contributed by atoms with van der Waals surface area (Å²) in [6.45, 7) is 4.20. The van der Waals surface area contributed by atoms with Gasteiger partial charge in [-0.25, -0.2) is 19.6 Å². The molecule has 2 aromatic heterocycles. The summed E-state index contributed by atoms with van der Waals surface area (Å²) in [6.07, 6.45) is 5.04. The number of unbranched alkanes of at least 4 members (excludes halogenated alkanes) is 3. The number of aryl methyl sites for hydroxylation is 1. The van der Waals surface area contributed by atoms with Crippen LogP contribution in [-0.4, -0.2) is 70.0 Å². The Morgan fingerprint density at radius 1 is 1.02 bits per heavy atom. The van der Waals surface area contributed by atoms with Gasteiger partial charge in [0.05, 0.1) is 30.6 Å². The Bertz CT molecular complexity index is 1930. The molecule has 15 nitrogen and oxygen atoms in total. The zero-order valence-corrected chi connectivity index (χ0v) is 30.9. The number of esters is 1. The molecule has 1 atom stereocenters. The molecule has 1 aliphatic carbocycles. The largest absolute Gasteiger partial charge is 0.511 e. The van der Waals surface area contributed by atoms with E-state index in [2.05, 4.69) is 22.2 Å². The number of ether oxygens (including phenoxy) is 4. The Kier molecular flexibility index (Phi) is 13.9. The van der Waals surface area contributed by atoms with Crippen LogP contribution in [0.3, 0.4) is 0 Å². The van der Waals surface area contributed by atoms with E-state index in [4.69, 9.17) is 29.7 Å². The van der Waals surface area contributed by atoms with Crippen LogP contribution in [0.1, 0.15) is 87.0 Å². The molecule has 15 heteroatoms. The molecule has 1 unspecified atom stereocenters. The quantitative estimate of drug-likeness (QED) is 0.0294. The maximum atomic E-state index is 13.9. The monoisotopic (exact) mass is 741 g/mol. The van der Waals surface area contributed by atoms with Crippen molar-refractivity contribution in [3.63, 3.8) is 0 Å². The summed E-state index contributed by atoms with van der Waals surface area (Å²) in [5.41, 5.74) is 9.20.